The first kappa shape index (κ1) is 14.8. The molecule has 0 atom stereocenters. The number of aromatic nitrogens is 1. The second kappa shape index (κ2) is 6.10. The molecule has 1 N–H and O–H groups in total. The molecular weight excluding hydrogens is 278 g/mol. The first-order chi connectivity index (χ1) is 8.31. The number of carboxylic acids is 1. The van der Waals surface area contributed by atoms with E-state index in [1.807, 2.05) is 0 Å². The zero-order chi connectivity index (χ0) is 13.8. The molecule has 0 spiro atoms. The molecule has 9 heteroatoms. The Morgan fingerprint density at radius 2 is 2.22 bits per heavy atom. The van der Waals surface area contributed by atoms with Crippen LogP contribution in [0.2, 0.25) is 0 Å². The maximum atomic E-state index is 12.5. The van der Waals surface area contributed by atoms with Crippen molar-refractivity contribution in [3.63, 3.8) is 0 Å². The molecule has 1 rings (SSSR count). The van der Waals surface area contributed by atoms with Crippen molar-refractivity contribution < 1.29 is 32.2 Å². The topological polar surface area (TPSA) is 59.4 Å². The van der Waals surface area contributed by atoms with Crippen molar-refractivity contribution >= 4 is 17.3 Å². The van der Waals surface area contributed by atoms with Crippen molar-refractivity contribution in [2.24, 2.45) is 0 Å². The highest BCUT2D eigenvalue weighted by Gasteiger charge is 2.40. The maximum Gasteiger partial charge on any atom is 0.330 e. The first-order valence-electron chi connectivity index (χ1n) is 4.70. The van der Waals surface area contributed by atoms with Gasteiger partial charge in [-0.3, -0.25) is 4.79 Å². The number of carbonyl (C=O) groups is 1. The molecule has 102 valence electrons. The van der Waals surface area contributed by atoms with Crippen LogP contribution in [0, 0.1) is 0 Å². The number of alkyl halides is 4. The van der Waals surface area contributed by atoms with Gasteiger partial charge in [0.05, 0.1) is 18.7 Å². The number of halogens is 4. The van der Waals surface area contributed by atoms with Crippen molar-refractivity contribution in [2.75, 3.05) is 6.61 Å². The third-order valence-corrected chi connectivity index (χ3v) is 2.64. The molecule has 0 bridgehead atoms. The summed E-state index contributed by atoms with van der Waals surface area (Å²) in [6.45, 7) is -1.76. The second-order valence-electron chi connectivity index (χ2n) is 3.36. The fourth-order valence-electron chi connectivity index (χ4n) is 0.989. The van der Waals surface area contributed by atoms with Gasteiger partial charge in [-0.25, -0.2) is 13.8 Å². The monoisotopic (exact) mass is 287 g/mol. The molecule has 0 aliphatic carbocycles. The minimum atomic E-state index is -4.19. The number of thiazole rings is 1. The Morgan fingerprint density at radius 3 is 2.78 bits per heavy atom. The molecule has 1 aromatic rings. The molecule has 0 aromatic carbocycles. The summed E-state index contributed by atoms with van der Waals surface area (Å²) in [6.07, 6.45) is -4.07. The molecule has 18 heavy (non-hydrogen) atoms. The Balaban J connectivity index is 2.40. The van der Waals surface area contributed by atoms with Crippen LogP contribution in [0.4, 0.5) is 17.6 Å². The van der Waals surface area contributed by atoms with E-state index in [9.17, 15) is 22.4 Å². The fraction of sp³-hybridized carbons (Fsp3) is 0.556. The third kappa shape index (κ3) is 4.57. The Hall–Kier alpha value is -1.22. The number of hydrogen-bond donors (Lipinski definition) is 1. The van der Waals surface area contributed by atoms with Crippen molar-refractivity contribution in [1.29, 1.82) is 0 Å². The minimum Gasteiger partial charge on any atom is -0.481 e. The molecule has 1 heterocycles. The van der Waals surface area contributed by atoms with Gasteiger partial charge in [-0.15, -0.1) is 11.3 Å². The second-order valence-corrected chi connectivity index (χ2v) is 4.30. The highest BCUT2D eigenvalue weighted by atomic mass is 32.1. The lowest BCUT2D eigenvalue weighted by atomic mass is 10.3. The van der Waals surface area contributed by atoms with Crippen LogP contribution in [-0.4, -0.2) is 35.0 Å². The largest absolute Gasteiger partial charge is 0.481 e. The molecule has 0 saturated carbocycles. The molecule has 0 aliphatic heterocycles. The molecule has 0 aliphatic rings. The van der Waals surface area contributed by atoms with Gasteiger partial charge in [-0.2, -0.15) is 8.78 Å². The standard InChI is InChI=1S/C9H9F4NO3S/c10-8(11)9(12,13)4-17-2-6-14-5(3-18-6)1-7(15)16/h3,8H,1-2,4H2,(H,15,16). The Labute approximate surface area is 103 Å². The van der Waals surface area contributed by atoms with Crippen molar-refractivity contribution in [1.82, 2.24) is 4.98 Å². The van der Waals surface area contributed by atoms with Gasteiger partial charge < -0.3 is 9.84 Å². The summed E-state index contributed by atoms with van der Waals surface area (Å²) in [5, 5.41) is 10.2. The van der Waals surface area contributed by atoms with E-state index in [1.165, 1.54) is 5.38 Å². The van der Waals surface area contributed by atoms with Gasteiger partial charge in [-0.1, -0.05) is 0 Å². The van der Waals surface area contributed by atoms with Crippen LogP contribution in [0.3, 0.4) is 0 Å². The maximum absolute atomic E-state index is 12.5. The summed E-state index contributed by atoms with van der Waals surface area (Å²) in [6, 6.07) is 0. The van der Waals surface area contributed by atoms with Crippen molar-refractivity contribution in [2.45, 2.75) is 25.4 Å². The van der Waals surface area contributed by atoms with Gasteiger partial charge in [0, 0.05) is 5.38 Å². The minimum absolute atomic E-state index is 0.260. The van der Waals surface area contributed by atoms with E-state index in [-0.39, 0.29) is 23.7 Å². The van der Waals surface area contributed by atoms with E-state index in [1.54, 1.807) is 0 Å². The van der Waals surface area contributed by atoms with Crippen LogP contribution < -0.4 is 0 Å². The first-order valence-corrected chi connectivity index (χ1v) is 5.58. The number of carboxylic acid groups (broad SMARTS) is 1. The van der Waals surface area contributed by atoms with E-state index in [2.05, 4.69) is 9.72 Å². The molecule has 4 nitrogen and oxygen atoms in total. The van der Waals surface area contributed by atoms with Crippen LogP contribution in [-0.2, 0) is 22.6 Å². The summed E-state index contributed by atoms with van der Waals surface area (Å²) < 4.78 is 52.9. The summed E-state index contributed by atoms with van der Waals surface area (Å²) in [5.41, 5.74) is 0.270. The van der Waals surface area contributed by atoms with E-state index >= 15 is 0 Å². The smallest absolute Gasteiger partial charge is 0.330 e. The predicted octanol–water partition coefficient (Wildman–Crippen LogP) is 2.19. The van der Waals surface area contributed by atoms with Gasteiger partial charge in [-0.05, 0) is 0 Å². The van der Waals surface area contributed by atoms with Gasteiger partial charge in [0.25, 0.3) is 0 Å². The quantitative estimate of drug-likeness (QED) is 0.781. The van der Waals surface area contributed by atoms with Crippen LogP contribution in [0.5, 0.6) is 0 Å². The van der Waals surface area contributed by atoms with Gasteiger partial charge in [0.2, 0.25) is 0 Å². The summed E-state index contributed by atoms with van der Waals surface area (Å²) >= 11 is 1.02. The number of nitrogens with zero attached hydrogens (tertiary/aromatic N) is 1. The average molecular weight is 287 g/mol. The summed E-state index contributed by atoms with van der Waals surface area (Å²) in [4.78, 5) is 14.1. The average Bonchev–Trinajstić information content (AvgIpc) is 2.64. The molecule has 0 fully saturated rings. The molecular formula is C9H9F4NO3S. The lowest BCUT2D eigenvalue weighted by Crippen LogP contribution is -2.32. The lowest BCUT2D eigenvalue weighted by Gasteiger charge is -2.14. The molecule has 0 saturated heterocycles. The zero-order valence-electron chi connectivity index (χ0n) is 8.91. The van der Waals surface area contributed by atoms with Gasteiger partial charge in [0.1, 0.15) is 11.6 Å². The molecule has 0 radical (unpaired) electrons. The van der Waals surface area contributed by atoms with Crippen molar-refractivity contribution in [3.05, 3.63) is 16.1 Å². The van der Waals surface area contributed by atoms with Crippen LogP contribution >= 0.6 is 11.3 Å². The third-order valence-electron chi connectivity index (χ3n) is 1.77. The Kier molecular flexibility index (Phi) is 5.03. The highest BCUT2D eigenvalue weighted by Crippen LogP contribution is 2.23. The highest BCUT2D eigenvalue weighted by molar-refractivity contribution is 7.09. The fourth-order valence-corrected chi connectivity index (χ4v) is 1.72. The Bertz CT molecular complexity index is 410. The Morgan fingerprint density at radius 1 is 1.56 bits per heavy atom. The van der Waals surface area contributed by atoms with Crippen LogP contribution in [0.1, 0.15) is 10.7 Å². The number of ether oxygens (including phenoxy) is 1. The number of aliphatic carboxylic acids is 1. The van der Waals surface area contributed by atoms with E-state index in [0.29, 0.717) is 0 Å². The molecule has 1 aromatic heterocycles. The summed E-state index contributed by atoms with van der Waals surface area (Å²) in [7, 11) is 0. The van der Waals surface area contributed by atoms with Crippen LogP contribution in [0.25, 0.3) is 0 Å². The van der Waals surface area contributed by atoms with Gasteiger partial charge >= 0.3 is 18.3 Å². The SMILES string of the molecule is O=C(O)Cc1csc(COCC(F)(F)C(F)F)n1. The molecule has 0 amide bonds. The number of hydrogen-bond acceptors (Lipinski definition) is 4. The normalized spacial score (nSPS) is 12.1. The van der Waals surface area contributed by atoms with E-state index < -0.39 is 24.9 Å². The van der Waals surface area contributed by atoms with Gasteiger partial charge in [0.15, 0.2) is 0 Å². The lowest BCUT2D eigenvalue weighted by molar-refractivity contribution is -0.168. The van der Waals surface area contributed by atoms with E-state index in [4.69, 9.17) is 5.11 Å². The molecule has 0 unspecified atom stereocenters. The van der Waals surface area contributed by atoms with Crippen LogP contribution in [0.15, 0.2) is 5.38 Å². The van der Waals surface area contributed by atoms with Crippen molar-refractivity contribution in [3.8, 4) is 0 Å². The predicted molar refractivity (Wildman–Crippen MR) is 54.1 cm³/mol. The zero-order valence-corrected chi connectivity index (χ0v) is 9.72. The summed E-state index contributed by atoms with van der Waals surface area (Å²) in [5.74, 6) is -5.27. The number of rotatable bonds is 7. The van der Waals surface area contributed by atoms with E-state index in [0.717, 1.165) is 11.3 Å².